The van der Waals surface area contributed by atoms with Crippen molar-refractivity contribution in [3.05, 3.63) is 0 Å². The Bertz CT molecular complexity index is 412. The fourth-order valence-corrected chi connectivity index (χ4v) is 2.50. The van der Waals surface area contributed by atoms with Gasteiger partial charge in [0.25, 0.3) is 0 Å². The van der Waals surface area contributed by atoms with Crippen molar-refractivity contribution in [3.63, 3.8) is 0 Å². The number of hydrogen-bond donors (Lipinski definition) is 1. The summed E-state index contributed by atoms with van der Waals surface area (Å²) in [5.41, 5.74) is -1.05. The first-order chi connectivity index (χ1) is 9.52. The lowest BCUT2D eigenvalue weighted by atomic mass is 9.84. The third-order valence-electron chi connectivity index (χ3n) is 3.97. The molecule has 122 valence electrons. The van der Waals surface area contributed by atoms with Crippen molar-refractivity contribution in [2.24, 2.45) is 5.41 Å². The van der Waals surface area contributed by atoms with E-state index in [1.807, 2.05) is 0 Å². The molecule has 1 fully saturated rings. The van der Waals surface area contributed by atoms with Crippen molar-refractivity contribution in [3.8, 4) is 0 Å². The van der Waals surface area contributed by atoms with Gasteiger partial charge in [-0.1, -0.05) is 6.92 Å². The molecule has 0 aliphatic carbocycles. The largest absolute Gasteiger partial charge is 0.481 e. The molecule has 1 rings (SSSR count). The molecular weight excluding hydrogens is 289 g/mol. The van der Waals surface area contributed by atoms with Crippen LogP contribution >= 0.6 is 0 Å². The first-order valence-corrected chi connectivity index (χ1v) is 6.88. The molecule has 0 radical (unpaired) electrons. The van der Waals surface area contributed by atoms with Gasteiger partial charge in [-0.2, -0.15) is 13.2 Å². The molecule has 0 aromatic carbocycles. The fourth-order valence-electron chi connectivity index (χ4n) is 2.50. The number of halogens is 3. The van der Waals surface area contributed by atoms with E-state index in [1.54, 1.807) is 6.92 Å². The van der Waals surface area contributed by atoms with Crippen molar-refractivity contribution >= 4 is 12.0 Å². The Hall–Kier alpha value is -1.47. The molecule has 1 saturated heterocycles. The van der Waals surface area contributed by atoms with Crippen molar-refractivity contribution < 1.29 is 27.9 Å². The zero-order chi connectivity index (χ0) is 16.4. The molecule has 0 aromatic heterocycles. The van der Waals surface area contributed by atoms with E-state index < -0.39 is 36.2 Å². The van der Waals surface area contributed by atoms with Gasteiger partial charge >= 0.3 is 18.2 Å². The fraction of sp³-hybridized carbons (Fsp3) is 0.846. The highest BCUT2D eigenvalue weighted by atomic mass is 19.4. The summed E-state index contributed by atoms with van der Waals surface area (Å²) in [7, 11) is 0. The molecule has 0 aromatic rings. The summed E-state index contributed by atoms with van der Waals surface area (Å²) in [6.07, 6.45) is -3.87. The van der Waals surface area contributed by atoms with Crippen LogP contribution in [0.2, 0.25) is 0 Å². The van der Waals surface area contributed by atoms with Gasteiger partial charge in [-0.05, 0) is 26.7 Å². The summed E-state index contributed by atoms with van der Waals surface area (Å²) < 4.78 is 37.7. The summed E-state index contributed by atoms with van der Waals surface area (Å²) >= 11 is 0. The van der Waals surface area contributed by atoms with Crippen molar-refractivity contribution in [2.45, 2.75) is 45.8 Å². The van der Waals surface area contributed by atoms with E-state index in [2.05, 4.69) is 0 Å². The Labute approximate surface area is 121 Å². The number of amides is 2. The number of carbonyl (C=O) groups excluding carboxylic acids is 1. The Morgan fingerprint density at radius 3 is 2.29 bits per heavy atom. The van der Waals surface area contributed by atoms with Crippen LogP contribution in [0.5, 0.6) is 0 Å². The van der Waals surface area contributed by atoms with Gasteiger partial charge in [0, 0.05) is 19.1 Å². The van der Waals surface area contributed by atoms with Crippen molar-refractivity contribution in [2.75, 3.05) is 19.6 Å². The molecule has 0 saturated carbocycles. The van der Waals surface area contributed by atoms with Gasteiger partial charge in [-0.25, -0.2) is 4.79 Å². The molecule has 1 atom stereocenters. The Balaban J connectivity index is 2.85. The quantitative estimate of drug-likeness (QED) is 0.868. The summed E-state index contributed by atoms with van der Waals surface area (Å²) in [6, 6.07) is -1.36. The lowest BCUT2D eigenvalue weighted by molar-refractivity contribution is -0.149. The lowest BCUT2D eigenvalue weighted by Crippen LogP contribution is -2.50. The van der Waals surface area contributed by atoms with E-state index in [1.165, 1.54) is 18.7 Å². The third-order valence-corrected chi connectivity index (χ3v) is 3.97. The smallest absolute Gasteiger partial charge is 0.406 e. The van der Waals surface area contributed by atoms with Crippen LogP contribution in [0.25, 0.3) is 0 Å². The minimum absolute atomic E-state index is 0.0429. The van der Waals surface area contributed by atoms with E-state index in [0.717, 1.165) is 4.90 Å². The molecule has 1 unspecified atom stereocenters. The predicted octanol–water partition coefficient (Wildman–Crippen LogP) is 2.57. The molecule has 8 heteroatoms. The lowest BCUT2D eigenvalue weighted by Gasteiger charge is -2.32. The average molecular weight is 310 g/mol. The second-order valence-electron chi connectivity index (χ2n) is 5.73. The van der Waals surface area contributed by atoms with Crippen molar-refractivity contribution in [1.29, 1.82) is 0 Å². The van der Waals surface area contributed by atoms with Gasteiger partial charge in [0.1, 0.15) is 6.54 Å². The second-order valence-corrected chi connectivity index (χ2v) is 5.73. The molecule has 5 nitrogen and oxygen atoms in total. The van der Waals surface area contributed by atoms with Crippen LogP contribution in [0, 0.1) is 5.41 Å². The normalized spacial score (nSPS) is 22.7. The van der Waals surface area contributed by atoms with Gasteiger partial charge < -0.3 is 14.9 Å². The second kappa shape index (κ2) is 6.11. The molecular formula is C13H21F3N2O3. The predicted molar refractivity (Wildman–Crippen MR) is 69.8 cm³/mol. The maximum Gasteiger partial charge on any atom is 0.406 e. The van der Waals surface area contributed by atoms with Gasteiger partial charge in [-0.3, -0.25) is 4.79 Å². The molecule has 0 spiro atoms. The van der Waals surface area contributed by atoms with Gasteiger partial charge in [0.05, 0.1) is 5.41 Å². The maximum absolute atomic E-state index is 12.6. The Kier molecular flexibility index (Phi) is 5.11. The number of rotatable bonds is 4. The van der Waals surface area contributed by atoms with Crippen LogP contribution in [-0.2, 0) is 4.79 Å². The molecule has 21 heavy (non-hydrogen) atoms. The van der Waals surface area contributed by atoms with E-state index in [-0.39, 0.29) is 19.5 Å². The SMILES string of the molecule is CCC1(C(=O)O)CCN(C(=O)N(CC(F)(F)F)C(C)C)C1. The van der Waals surface area contributed by atoms with E-state index in [0.29, 0.717) is 6.42 Å². The number of urea groups is 1. The zero-order valence-electron chi connectivity index (χ0n) is 12.4. The number of likely N-dealkylation sites (tertiary alicyclic amines) is 1. The first kappa shape index (κ1) is 17.6. The van der Waals surface area contributed by atoms with Crippen LogP contribution in [0.4, 0.5) is 18.0 Å². The van der Waals surface area contributed by atoms with Crippen LogP contribution in [0.15, 0.2) is 0 Å². The third kappa shape index (κ3) is 4.01. The van der Waals surface area contributed by atoms with Crippen LogP contribution in [0.1, 0.15) is 33.6 Å². The summed E-state index contributed by atoms with van der Waals surface area (Å²) in [6.45, 7) is 3.51. The monoisotopic (exact) mass is 310 g/mol. The summed E-state index contributed by atoms with van der Waals surface area (Å²) in [5.74, 6) is -1.01. The zero-order valence-corrected chi connectivity index (χ0v) is 12.4. The molecule has 1 N–H and O–H groups in total. The maximum atomic E-state index is 12.6. The number of carboxylic acids is 1. The highest BCUT2D eigenvalue weighted by molar-refractivity contribution is 5.80. The minimum Gasteiger partial charge on any atom is -0.481 e. The number of carbonyl (C=O) groups is 2. The average Bonchev–Trinajstić information content (AvgIpc) is 2.79. The molecule has 1 heterocycles. The molecule has 2 amide bonds. The van der Waals surface area contributed by atoms with Crippen LogP contribution in [-0.4, -0.2) is 58.8 Å². The number of aliphatic carboxylic acids is 1. The molecule has 0 bridgehead atoms. The van der Waals surface area contributed by atoms with Crippen molar-refractivity contribution in [1.82, 2.24) is 9.80 Å². The number of nitrogens with zero attached hydrogens (tertiary/aromatic N) is 2. The van der Waals surface area contributed by atoms with Gasteiger partial charge in [0.15, 0.2) is 0 Å². The van der Waals surface area contributed by atoms with Crippen LogP contribution < -0.4 is 0 Å². The number of alkyl halides is 3. The Morgan fingerprint density at radius 1 is 1.38 bits per heavy atom. The van der Waals surface area contributed by atoms with E-state index in [4.69, 9.17) is 0 Å². The topological polar surface area (TPSA) is 60.9 Å². The van der Waals surface area contributed by atoms with E-state index in [9.17, 15) is 27.9 Å². The number of carboxylic acid groups (broad SMARTS) is 1. The van der Waals surface area contributed by atoms with E-state index >= 15 is 0 Å². The standard InChI is InChI=1S/C13H21F3N2O3/c1-4-12(10(19)20)5-6-17(7-12)11(21)18(9(2)3)8-13(14,15)16/h9H,4-8H2,1-3H3,(H,19,20). The van der Waals surface area contributed by atoms with Gasteiger partial charge in [0.2, 0.25) is 0 Å². The molecule has 1 aliphatic heterocycles. The highest BCUT2D eigenvalue weighted by Crippen LogP contribution is 2.35. The van der Waals surface area contributed by atoms with Crippen LogP contribution in [0.3, 0.4) is 0 Å². The minimum atomic E-state index is -4.48. The summed E-state index contributed by atoms with van der Waals surface area (Å²) in [5, 5.41) is 9.27. The van der Waals surface area contributed by atoms with Gasteiger partial charge in [-0.15, -0.1) is 0 Å². The summed E-state index contributed by atoms with van der Waals surface area (Å²) in [4.78, 5) is 25.5. The number of hydrogen-bond acceptors (Lipinski definition) is 2. The Morgan fingerprint density at radius 2 is 1.95 bits per heavy atom. The first-order valence-electron chi connectivity index (χ1n) is 6.88. The molecule has 1 aliphatic rings. The highest BCUT2D eigenvalue weighted by Gasteiger charge is 2.46.